The van der Waals surface area contributed by atoms with Gasteiger partial charge >= 0.3 is 0 Å². The summed E-state index contributed by atoms with van der Waals surface area (Å²) in [6, 6.07) is 5.43. The fraction of sp³-hybridized carbons (Fsp3) is 0.400. The number of nitrogens with one attached hydrogen (secondary N) is 1. The third-order valence-electron chi connectivity index (χ3n) is 3.41. The summed E-state index contributed by atoms with van der Waals surface area (Å²) < 4.78 is 0. The highest BCUT2D eigenvalue weighted by Crippen LogP contribution is 2.19. The summed E-state index contributed by atoms with van der Waals surface area (Å²) in [4.78, 5) is 11.9. The molecule has 0 spiro atoms. The Balaban J connectivity index is 1.85. The lowest BCUT2D eigenvalue weighted by Crippen LogP contribution is -2.24. The Morgan fingerprint density at radius 3 is 2.94 bits per heavy atom. The number of aryl methyl sites for hydroxylation is 1. The third kappa shape index (κ3) is 3.13. The van der Waals surface area contributed by atoms with Crippen LogP contribution < -0.4 is 11.1 Å². The number of rotatable bonds is 4. The number of anilines is 1. The van der Waals surface area contributed by atoms with Crippen molar-refractivity contribution in [3.8, 4) is 0 Å². The largest absolute Gasteiger partial charge is 0.398 e. The molecule has 0 saturated carbocycles. The standard InChI is InChI=1S/C15H20N2O/c1-11-6-7-13(10-14(11)16)15(18)17-9-8-12-4-2-3-5-12/h4,6-7,10H,2-3,5,8-9,16H2,1H3,(H,17,18). The molecule has 1 aromatic rings. The number of hydrogen-bond acceptors (Lipinski definition) is 2. The van der Waals surface area contributed by atoms with Gasteiger partial charge < -0.3 is 11.1 Å². The molecule has 1 aliphatic carbocycles. The highest BCUT2D eigenvalue weighted by molar-refractivity contribution is 5.95. The highest BCUT2D eigenvalue weighted by Gasteiger charge is 2.08. The monoisotopic (exact) mass is 244 g/mol. The number of amides is 1. The molecule has 0 heterocycles. The van der Waals surface area contributed by atoms with Crippen LogP contribution in [0.1, 0.15) is 41.6 Å². The molecule has 0 aliphatic heterocycles. The quantitative estimate of drug-likeness (QED) is 0.632. The molecule has 2 rings (SSSR count). The number of hydrogen-bond donors (Lipinski definition) is 2. The van der Waals surface area contributed by atoms with Gasteiger partial charge in [-0.05, 0) is 50.3 Å². The average Bonchev–Trinajstić information content (AvgIpc) is 2.85. The summed E-state index contributed by atoms with van der Waals surface area (Å²) in [5.74, 6) is -0.0414. The molecule has 18 heavy (non-hydrogen) atoms. The Hall–Kier alpha value is -1.77. The van der Waals surface area contributed by atoms with Gasteiger partial charge in [-0.1, -0.05) is 17.7 Å². The first kappa shape index (κ1) is 12.7. The molecule has 1 amide bonds. The van der Waals surface area contributed by atoms with Crippen LogP contribution in [0.25, 0.3) is 0 Å². The van der Waals surface area contributed by atoms with Gasteiger partial charge in [-0.3, -0.25) is 4.79 Å². The maximum absolute atomic E-state index is 11.9. The molecule has 0 saturated heterocycles. The van der Waals surface area contributed by atoms with Crippen LogP contribution in [-0.2, 0) is 0 Å². The average molecular weight is 244 g/mol. The second-order valence-electron chi connectivity index (χ2n) is 4.83. The zero-order valence-electron chi connectivity index (χ0n) is 10.8. The van der Waals surface area contributed by atoms with E-state index in [1.807, 2.05) is 19.1 Å². The van der Waals surface area contributed by atoms with Crippen molar-refractivity contribution in [1.29, 1.82) is 0 Å². The topological polar surface area (TPSA) is 55.1 Å². The van der Waals surface area contributed by atoms with E-state index in [0.29, 0.717) is 17.8 Å². The van der Waals surface area contributed by atoms with E-state index in [-0.39, 0.29) is 5.91 Å². The Morgan fingerprint density at radius 1 is 1.44 bits per heavy atom. The van der Waals surface area contributed by atoms with Gasteiger partial charge in [-0.25, -0.2) is 0 Å². The molecule has 0 atom stereocenters. The van der Waals surface area contributed by atoms with Gasteiger partial charge in [0.25, 0.3) is 5.91 Å². The van der Waals surface area contributed by atoms with Crippen molar-refractivity contribution in [3.63, 3.8) is 0 Å². The molecule has 3 N–H and O–H groups in total. The normalized spacial score (nSPS) is 14.4. The second kappa shape index (κ2) is 5.71. The number of carbonyl (C=O) groups is 1. The van der Waals surface area contributed by atoms with Gasteiger partial charge in [0.1, 0.15) is 0 Å². The van der Waals surface area contributed by atoms with Crippen molar-refractivity contribution in [1.82, 2.24) is 5.32 Å². The van der Waals surface area contributed by atoms with Crippen molar-refractivity contribution < 1.29 is 4.79 Å². The van der Waals surface area contributed by atoms with E-state index in [1.165, 1.54) is 24.8 Å². The molecule has 1 aromatic carbocycles. The predicted molar refractivity (Wildman–Crippen MR) is 74.5 cm³/mol. The second-order valence-corrected chi connectivity index (χ2v) is 4.83. The number of carbonyl (C=O) groups excluding carboxylic acids is 1. The number of nitrogens with two attached hydrogens (primary N) is 1. The van der Waals surface area contributed by atoms with Gasteiger partial charge in [-0.2, -0.15) is 0 Å². The van der Waals surface area contributed by atoms with Crippen LogP contribution in [0.3, 0.4) is 0 Å². The van der Waals surface area contributed by atoms with Crippen LogP contribution in [-0.4, -0.2) is 12.5 Å². The van der Waals surface area contributed by atoms with E-state index in [9.17, 15) is 4.79 Å². The van der Waals surface area contributed by atoms with Gasteiger partial charge in [0, 0.05) is 17.8 Å². The molecule has 96 valence electrons. The minimum atomic E-state index is -0.0414. The van der Waals surface area contributed by atoms with E-state index in [4.69, 9.17) is 5.73 Å². The first-order chi connectivity index (χ1) is 8.66. The molecule has 0 aromatic heterocycles. The summed E-state index contributed by atoms with van der Waals surface area (Å²) >= 11 is 0. The van der Waals surface area contributed by atoms with E-state index in [2.05, 4.69) is 11.4 Å². The molecule has 1 aliphatic rings. The van der Waals surface area contributed by atoms with Gasteiger partial charge in [0.15, 0.2) is 0 Å². The number of benzene rings is 1. The van der Waals surface area contributed by atoms with E-state index >= 15 is 0 Å². The lowest BCUT2D eigenvalue weighted by Gasteiger charge is -2.07. The Bertz CT molecular complexity index is 477. The molecule has 3 heteroatoms. The van der Waals surface area contributed by atoms with E-state index in [1.54, 1.807) is 6.07 Å². The summed E-state index contributed by atoms with van der Waals surface area (Å²) in [6.45, 7) is 2.64. The molecule has 0 fully saturated rings. The van der Waals surface area contributed by atoms with Crippen LogP contribution in [0.4, 0.5) is 5.69 Å². The van der Waals surface area contributed by atoms with E-state index < -0.39 is 0 Å². The molecular weight excluding hydrogens is 224 g/mol. The minimum Gasteiger partial charge on any atom is -0.398 e. The molecular formula is C15H20N2O. The summed E-state index contributed by atoms with van der Waals surface area (Å²) in [6.07, 6.45) is 6.89. The summed E-state index contributed by atoms with van der Waals surface area (Å²) in [5, 5.41) is 2.94. The highest BCUT2D eigenvalue weighted by atomic mass is 16.1. The van der Waals surface area contributed by atoms with Crippen LogP contribution in [0.15, 0.2) is 29.8 Å². The lowest BCUT2D eigenvalue weighted by atomic mass is 10.1. The van der Waals surface area contributed by atoms with Gasteiger partial charge in [-0.15, -0.1) is 0 Å². The van der Waals surface area contributed by atoms with Crippen molar-refractivity contribution in [2.24, 2.45) is 0 Å². The van der Waals surface area contributed by atoms with Crippen molar-refractivity contribution in [2.75, 3.05) is 12.3 Å². The van der Waals surface area contributed by atoms with Crippen molar-refractivity contribution in [2.45, 2.75) is 32.6 Å². The minimum absolute atomic E-state index is 0.0414. The fourth-order valence-electron chi connectivity index (χ4n) is 2.18. The summed E-state index contributed by atoms with van der Waals surface area (Å²) in [7, 11) is 0. The third-order valence-corrected chi connectivity index (χ3v) is 3.41. The molecule has 0 bridgehead atoms. The Labute approximate surface area is 108 Å². The lowest BCUT2D eigenvalue weighted by molar-refractivity contribution is 0.0954. The number of nitrogen functional groups attached to an aromatic ring is 1. The van der Waals surface area contributed by atoms with Crippen molar-refractivity contribution >= 4 is 11.6 Å². The Kier molecular flexibility index (Phi) is 4.03. The van der Waals surface area contributed by atoms with E-state index in [0.717, 1.165) is 12.0 Å². The fourth-order valence-corrected chi connectivity index (χ4v) is 2.18. The first-order valence-corrected chi connectivity index (χ1v) is 6.49. The zero-order valence-corrected chi connectivity index (χ0v) is 10.8. The molecule has 0 unspecified atom stereocenters. The maximum Gasteiger partial charge on any atom is 0.251 e. The van der Waals surface area contributed by atoms with Gasteiger partial charge in [0.2, 0.25) is 0 Å². The van der Waals surface area contributed by atoms with Crippen LogP contribution in [0, 0.1) is 6.92 Å². The molecule has 3 nitrogen and oxygen atoms in total. The van der Waals surface area contributed by atoms with Crippen LogP contribution in [0.5, 0.6) is 0 Å². The van der Waals surface area contributed by atoms with Crippen LogP contribution in [0.2, 0.25) is 0 Å². The van der Waals surface area contributed by atoms with Crippen molar-refractivity contribution in [3.05, 3.63) is 41.0 Å². The first-order valence-electron chi connectivity index (χ1n) is 6.49. The summed E-state index contributed by atoms with van der Waals surface area (Å²) in [5.41, 5.74) is 9.58. The Morgan fingerprint density at radius 2 is 2.28 bits per heavy atom. The number of allylic oxidation sites excluding steroid dienone is 1. The van der Waals surface area contributed by atoms with Crippen LogP contribution >= 0.6 is 0 Å². The smallest absolute Gasteiger partial charge is 0.251 e. The maximum atomic E-state index is 11.9. The van der Waals surface area contributed by atoms with Gasteiger partial charge in [0.05, 0.1) is 0 Å². The predicted octanol–water partition coefficient (Wildman–Crippen LogP) is 2.81. The molecule has 0 radical (unpaired) electrons. The SMILES string of the molecule is Cc1ccc(C(=O)NCCC2=CCCC2)cc1N. The zero-order chi connectivity index (χ0) is 13.0.